The number of carbonyl (C=O) groups excluding carboxylic acids is 1. The summed E-state index contributed by atoms with van der Waals surface area (Å²) in [5.41, 5.74) is 2.10. The van der Waals surface area contributed by atoms with Gasteiger partial charge in [-0.3, -0.25) is 0 Å². The molecule has 2 N–H and O–H groups in total. The van der Waals surface area contributed by atoms with Crippen LogP contribution < -0.4 is 10.6 Å². The van der Waals surface area contributed by atoms with Crippen molar-refractivity contribution in [1.82, 2.24) is 14.6 Å². The minimum atomic E-state index is -3.11. The molecule has 140 valence electrons. The Morgan fingerprint density at radius 2 is 2.12 bits per heavy atom. The van der Waals surface area contributed by atoms with Crippen LogP contribution in [0, 0.1) is 5.92 Å². The molecule has 8 nitrogen and oxygen atoms in total. The summed E-state index contributed by atoms with van der Waals surface area (Å²) in [5.74, 6) is 1.49. The maximum absolute atomic E-state index is 12.1. The van der Waals surface area contributed by atoms with Gasteiger partial charge >= 0.3 is 6.03 Å². The van der Waals surface area contributed by atoms with Gasteiger partial charge in [-0.1, -0.05) is 0 Å². The first-order chi connectivity index (χ1) is 12.4. The fourth-order valence-corrected chi connectivity index (χ4v) is 4.24. The number of aromatic nitrogens is 1. The molecule has 1 saturated heterocycles. The molecular formula is C17H22N4O4S. The van der Waals surface area contributed by atoms with Gasteiger partial charge in [-0.05, 0) is 31.9 Å². The fourth-order valence-electron chi connectivity index (χ4n) is 3.00. The largest absolute Gasteiger partial charge is 0.440 e. The van der Waals surface area contributed by atoms with Crippen molar-refractivity contribution in [2.24, 2.45) is 5.92 Å². The molecule has 26 heavy (non-hydrogen) atoms. The summed E-state index contributed by atoms with van der Waals surface area (Å²) in [4.78, 5) is 16.5. The van der Waals surface area contributed by atoms with Gasteiger partial charge in [0.1, 0.15) is 5.52 Å². The zero-order valence-electron chi connectivity index (χ0n) is 14.6. The van der Waals surface area contributed by atoms with Gasteiger partial charge in [0.2, 0.25) is 10.0 Å². The summed E-state index contributed by atoms with van der Waals surface area (Å²) in [6, 6.07) is 5.08. The van der Waals surface area contributed by atoms with E-state index < -0.39 is 10.0 Å². The van der Waals surface area contributed by atoms with Crippen LogP contribution in [-0.4, -0.2) is 49.1 Å². The average Bonchev–Trinajstić information content (AvgIpc) is 3.33. The highest BCUT2D eigenvalue weighted by Gasteiger charge is 2.34. The predicted octanol–water partition coefficient (Wildman–Crippen LogP) is 2.11. The van der Waals surface area contributed by atoms with Crippen LogP contribution in [0.4, 0.5) is 10.5 Å². The molecule has 0 spiro atoms. The molecule has 0 atom stereocenters. The first kappa shape index (κ1) is 17.3. The highest BCUT2D eigenvalue weighted by molar-refractivity contribution is 7.89. The second-order valence-corrected chi connectivity index (χ2v) is 9.19. The van der Waals surface area contributed by atoms with E-state index in [0.29, 0.717) is 36.8 Å². The van der Waals surface area contributed by atoms with Crippen LogP contribution in [0.5, 0.6) is 0 Å². The Labute approximate surface area is 152 Å². The van der Waals surface area contributed by atoms with Crippen LogP contribution in [0.2, 0.25) is 0 Å². The van der Waals surface area contributed by atoms with Gasteiger partial charge in [-0.15, -0.1) is 0 Å². The molecule has 1 aromatic heterocycles. The van der Waals surface area contributed by atoms with Crippen LogP contribution in [0.3, 0.4) is 0 Å². The Bertz CT molecular complexity index is 929. The summed E-state index contributed by atoms with van der Waals surface area (Å²) in [6.45, 7) is 3.00. The molecule has 1 saturated carbocycles. The summed E-state index contributed by atoms with van der Waals surface area (Å²) in [5, 5.41) is 5.56. The van der Waals surface area contributed by atoms with Crippen LogP contribution in [-0.2, 0) is 10.0 Å². The van der Waals surface area contributed by atoms with Gasteiger partial charge in [-0.25, -0.2) is 22.5 Å². The maximum atomic E-state index is 12.1. The molecule has 0 radical (unpaired) electrons. The molecule has 2 aromatic rings. The van der Waals surface area contributed by atoms with E-state index in [1.807, 2.05) is 6.07 Å². The molecule has 4 rings (SSSR count). The Kier molecular flexibility index (Phi) is 4.36. The number of carbonyl (C=O) groups is 1. The average molecular weight is 378 g/mol. The summed E-state index contributed by atoms with van der Waals surface area (Å²) < 4.78 is 30.5. The van der Waals surface area contributed by atoms with E-state index in [2.05, 4.69) is 15.6 Å². The molecule has 0 bridgehead atoms. The van der Waals surface area contributed by atoms with Gasteiger partial charge in [0.15, 0.2) is 11.5 Å². The summed E-state index contributed by atoms with van der Waals surface area (Å²) >= 11 is 0. The van der Waals surface area contributed by atoms with E-state index in [1.165, 1.54) is 4.31 Å². The van der Waals surface area contributed by atoms with E-state index in [0.717, 1.165) is 24.2 Å². The van der Waals surface area contributed by atoms with E-state index in [9.17, 15) is 13.2 Å². The smallest absolute Gasteiger partial charge is 0.319 e. The van der Waals surface area contributed by atoms with Gasteiger partial charge in [-0.2, -0.15) is 0 Å². The second-order valence-electron chi connectivity index (χ2n) is 6.93. The highest BCUT2D eigenvalue weighted by Crippen LogP contribution is 2.40. The van der Waals surface area contributed by atoms with Crippen molar-refractivity contribution in [3.05, 3.63) is 24.1 Å². The maximum Gasteiger partial charge on any atom is 0.319 e. The van der Waals surface area contributed by atoms with Crippen LogP contribution in [0.25, 0.3) is 11.1 Å². The number of benzene rings is 1. The molecule has 2 amide bonds. The van der Waals surface area contributed by atoms with Crippen molar-refractivity contribution < 1.29 is 17.6 Å². The molecule has 2 fully saturated rings. The number of fused-ring (bicyclic) bond motifs is 1. The van der Waals surface area contributed by atoms with E-state index in [4.69, 9.17) is 4.42 Å². The SMILES string of the molecule is CCS(=O)(=O)N1CC(CNC(=O)Nc2ccc3nc(C4CC4)oc3c2)C1. The number of rotatable bonds is 6. The fraction of sp³-hybridized carbons (Fsp3) is 0.529. The molecule has 2 aliphatic rings. The Morgan fingerprint density at radius 1 is 1.35 bits per heavy atom. The molecular weight excluding hydrogens is 356 g/mol. The number of nitrogens with one attached hydrogen (secondary N) is 2. The molecule has 1 aromatic carbocycles. The lowest BCUT2D eigenvalue weighted by molar-refractivity contribution is 0.195. The molecule has 2 heterocycles. The standard InChI is InChI=1S/C17H22N4O4S/c1-2-26(23,24)21-9-11(10-21)8-18-17(22)19-13-5-6-14-15(7-13)25-16(20-14)12-3-4-12/h5-7,11-12H,2-4,8-10H2,1H3,(H2,18,19,22). The van der Waals surface area contributed by atoms with Crippen molar-refractivity contribution in [2.45, 2.75) is 25.7 Å². The number of nitrogens with zero attached hydrogens (tertiary/aromatic N) is 2. The number of oxazole rings is 1. The zero-order valence-corrected chi connectivity index (χ0v) is 15.4. The van der Waals surface area contributed by atoms with Crippen molar-refractivity contribution in [2.75, 3.05) is 30.7 Å². The normalized spacial score (nSPS) is 18.7. The molecule has 1 aliphatic carbocycles. The van der Waals surface area contributed by atoms with E-state index >= 15 is 0 Å². The second kappa shape index (κ2) is 6.55. The lowest BCUT2D eigenvalue weighted by atomic mass is 10.0. The van der Waals surface area contributed by atoms with Gasteiger partial charge < -0.3 is 15.1 Å². The van der Waals surface area contributed by atoms with Crippen LogP contribution >= 0.6 is 0 Å². The van der Waals surface area contributed by atoms with Crippen molar-refractivity contribution in [3.63, 3.8) is 0 Å². The number of sulfonamides is 1. The quantitative estimate of drug-likeness (QED) is 0.801. The monoisotopic (exact) mass is 378 g/mol. The minimum absolute atomic E-state index is 0.111. The molecule has 0 unspecified atom stereocenters. The van der Waals surface area contributed by atoms with Gasteiger partial charge in [0, 0.05) is 43.2 Å². The first-order valence-corrected chi connectivity index (χ1v) is 10.5. The van der Waals surface area contributed by atoms with E-state index in [-0.39, 0.29) is 17.7 Å². The first-order valence-electron chi connectivity index (χ1n) is 8.88. The topological polar surface area (TPSA) is 105 Å². The lowest BCUT2D eigenvalue weighted by Gasteiger charge is -2.37. The third-order valence-electron chi connectivity index (χ3n) is 4.82. The Morgan fingerprint density at radius 3 is 2.81 bits per heavy atom. The number of amides is 2. The van der Waals surface area contributed by atoms with Crippen molar-refractivity contribution in [1.29, 1.82) is 0 Å². The zero-order chi connectivity index (χ0) is 18.3. The lowest BCUT2D eigenvalue weighted by Crippen LogP contribution is -2.54. The van der Waals surface area contributed by atoms with Gasteiger partial charge in [0.05, 0.1) is 5.75 Å². The highest BCUT2D eigenvalue weighted by atomic mass is 32.2. The Hall–Kier alpha value is -2.13. The minimum Gasteiger partial charge on any atom is -0.440 e. The molecule has 9 heteroatoms. The number of hydrogen-bond acceptors (Lipinski definition) is 5. The number of anilines is 1. The predicted molar refractivity (Wildman–Crippen MR) is 97.5 cm³/mol. The Balaban J connectivity index is 1.28. The van der Waals surface area contributed by atoms with Crippen molar-refractivity contribution in [3.8, 4) is 0 Å². The van der Waals surface area contributed by atoms with E-state index in [1.54, 1.807) is 19.1 Å². The third-order valence-corrected chi connectivity index (χ3v) is 6.64. The van der Waals surface area contributed by atoms with Crippen LogP contribution in [0.1, 0.15) is 31.6 Å². The third kappa shape index (κ3) is 3.54. The summed E-state index contributed by atoms with van der Waals surface area (Å²) in [6.07, 6.45) is 2.25. The van der Waals surface area contributed by atoms with Gasteiger partial charge in [0.25, 0.3) is 0 Å². The number of hydrogen-bond donors (Lipinski definition) is 2. The summed E-state index contributed by atoms with van der Waals surface area (Å²) in [7, 11) is -3.11. The van der Waals surface area contributed by atoms with Crippen LogP contribution in [0.15, 0.2) is 22.6 Å². The molecule has 1 aliphatic heterocycles. The number of urea groups is 1. The van der Waals surface area contributed by atoms with Crippen molar-refractivity contribution >= 4 is 32.8 Å².